The molecule has 0 N–H and O–H groups in total. The number of rotatable bonds is 6. The van der Waals surface area contributed by atoms with Crippen LogP contribution in [0.3, 0.4) is 0 Å². The zero-order chi connectivity index (χ0) is 9.40. The van der Waals surface area contributed by atoms with E-state index in [1.165, 1.54) is 0 Å². The van der Waals surface area contributed by atoms with Crippen molar-refractivity contribution in [3.8, 4) is 0 Å². The molecule has 72 valence electrons. The lowest BCUT2D eigenvalue weighted by molar-refractivity contribution is -0.154. The summed E-state index contributed by atoms with van der Waals surface area (Å²) in [4.78, 5) is 10.8. The molecule has 0 radical (unpaired) electrons. The molecule has 0 aromatic heterocycles. The molecule has 0 saturated carbocycles. The molecule has 0 bridgehead atoms. The quantitative estimate of drug-likeness (QED) is 0.556. The minimum atomic E-state index is -0.285. The monoisotopic (exact) mass is 176 g/mol. The smallest absolute Gasteiger partial charge is 0.305 e. The fourth-order valence-corrected chi connectivity index (χ4v) is 0.757. The zero-order valence-corrected chi connectivity index (χ0v) is 7.83. The predicted octanol–water partition coefficient (Wildman–Crippen LogP) is 0.601. The first-order chi connectivity index (χ1) is 5.74. The molecule has 0 amide bonds. The Morgan fingerprint density at radius 2 is 1.75 bits per heavy atom. The number of hydrogen-bond acceptors (Lipinski definition) is 4. The van der Waals surface area contributed by atoms with Gasteiger partial charge in [0.05, 0.1) is 13.2 Å². The van der Waals surface area contributed by atoms with Crippen LogP contribution in [0.2, 0.25) is 0 Å². The molecule has 0 saturated heterocycles. The minimum absolute atomic E-state index is 0.228. The topological polar surface area (TPSA) is 44.8 Å². The molecule has 0 aliphatic rings. The van der Waals surface area contributed by atoms with Crippen LogP contribution in [0.15, 0.2) is 0 Å². The summed E-state index contributed by atoms with van der Waals surface area (Å²) in [6.45, 7) is 2.50. The van der Waals surface area contributed by atoms with Crippen LogP contribution in [0.4, 0.5) is 0 Å². The van der Waals surface area contributed by atoms with Gasteiger partial charge in [0, 0.05) is 20.6 Å². The maximum absolute atomic E-state index is 10.8. The van der Waals surface area contributed by atoms with Gasteiger partial charge in [0.15, 0.2) is 0 Å². The zero-order valence-electron chi connectivity index (χ0n) is 7.83. The van der Waals surface area contributed by atoms with Crippen molar-refractivity contribution in [2.75, 3.05) is 27.4 Å². The molecule has 0 atom stereocenters. The lowest BCUT2D eigenvalue weighted by Crippen LogP contribution is -2.27. The molecule has 0 rings (SSSR count). The first kappa shape index (κ1) is 11.4. The van der Waals surface area contributed by atoms with Crippen LogP contribution in [0.1, 0.15) is 13.3 Å². The molecule has 0 aromatic rings. The van der Waals surface area contributed by atoms with Crippen molar-refractivity contribution in [1.29, 1.82) is 0 Å². The molecular weight excluding hydrogens is 160 g/mol. The first-order valence-electron chi connectivity index (χ1n) is 3.91. The normalized spacial score (nSPS) is 10.3. The Kier molecular flexibility index (Phi) is 6.70. The van der Waals surface area contributed by atoms with Gasteiger partial charge in [-0.3, -0.25) is 4.79 Å². The Balaban J connectivity index is 3.68. The maximum atomic E-state index is 10.8. The van der Waals surface area contributed by atoms with Crippen LogP contribution in [-0.4, -0.2) is 39.5 Å². The molecule has 0 aliphatic carbocycles. The third kappa shape index (κ3) is 5.09. The summed E-state index contributed by atoms with van der Waals surface area (Å²) >= 11 is 0. The van der Waals surface area contributed by atoms with Crippen molar-refractivity contribution in [2.45, 2.75) is 19.4 Å². The summed E-state index contributed by atoms with van der Waals surface area (Å²) in [7, 11) is 3.12. The van der Waals surface area contributed by atoms with Gasteiger partial charge in [-0.2, -0.15) is 0 Å². The highest BCUT2D eigenvalue weighted by Gasteiger charge is 2.12. The number of ether oxygens (including phenoxy) is 3. The SMILES string of the molecule is CCC(=O)OC(COC)COC. The van der Waals surface area contributed by atoms with E-state index in [0.29, 0.717) is 19.6 Å². The Hall–Kier alpha value is -0.610. The Morgan fingerprint density at radius 3 is 2.08 bits per heavy atom. The molecule has 0 heterocycles. The summed E-state index contributed by atoms with van der Waals surface area (Å²) in [5.74, 6) is -0.228. The van der Waals surface area contributed by atoms with Crippen molar-refractivity contribution in [3.05, 3.63) is 0 Å². The van der Waals surface area contributed by atoms with Gasteiger partial charge in [-0.25, -0.2) is 0 Å². The molecule has 12 heavy (non-hydrogen) atoms. The van der Waals surface area contributed by atoms with Gasteiger partial charge < -0.3 is 14.2 Å². The lowest BCUT2D eigenvalue weighted by atomic mass is 10.4. The van der Waals surface area contributed by atoms with E-state index < -0.39 is 0 Å². The molecule has 4 nitrogen and oxygen atoms in total. The highest BCUT2D eigenvalue weighted by atomic mass is 16.6. The highest BCUT2D eigenvalue weighted by molar-refractivity contribution is 5.69. The Bertz CT molecular complexity index is 118. The number of methoxy groups -OCH3 is 2. The fraction of sp³-hybridized carbons (Fsp3) is 0.875. The summed E-state index contributed by atoms with van der Waals surface area (Å²) in [5, 5.41) is 0. The van der Waals surface area contributed by atoms with Gasteiger partial charge in [0.2, 0.25) is 0 Å². The predicted molar refractivity (Wildman–Crippen MR) is 43.9 cm³/mol. The van der Waals surface area contributed by atoms with E-state index in [2.05, 4.69) is 0 Å². The largest absolute Gasteiger partial charge is 0.457 e. The van der Waals surface area contributed by atoms with Crippen molar-refractivity contribution in [1.82, 2.24) is 0 Å². The van der Waals surface area contributed by atoms with E-state index in [1.54, 1.807) is 21.1 Å². The third-order valence-corrected chi connectivity index (χ3v) is 1.29. The van der Waals surface area contributed by atoms with Crippen molar-refractivity contribution in [3.63, 3.8) is 0 Å². The molecule has 0 spiro atoms. The Labute approximate surface area is 72.8 Å². The average molecular weight is 176 g/mol. The number of hydrogen-bond donors (Lipinski definition) is 0. The summed E-state index contributed by atoms with van der Waals surface area (Å²) in [5.41, 5.74) is 0. The molecule has 0 aliphatic heterocycles. The highest BCUT2D eigenvalue weighted by Crippen LogP contribution is 1.96. The van der Waals surface area contributed by atoms with Crippen LogP contribution in [-0.2, 0) is 19.0 Å². The van der Waals surface area contributed by atoms with Crippen molar-refractivity contribution in [2.24, 2.45) is 0 Å². The molecule has 0 aromatic carbocycles. The van der Waals surface area contributed by atoms with Gasteiger partial charge in [-0.05, 0) is 0 Å². The third-order valence-electron chi connectivity index (χ3n) is 1.29. The van der Waals surface area contributed by atoms with Gasteiger partial charge in [-0.1, -0.05) is 6.92 Å². The molecule has 4 heteroatoms. The molecule has 0 unspecified atom stereocenters. The number of carbonyl (C=O) groups excluding carboxylic acids is 1. The minimum Gasteiger partial charge on any atom is -0.457 e. The van der Waals surface area contributed by atoms with E-state index in [4.69, 9.17) is 14.2 Å². The van der Waals surface area contributed by atoms with Crippen molar-refractivity contribution < 1.29 is 19.0 Å². The van der Waals surface area contributed by atoms with E-state index >= 15 is 0 Å². The molecular formula is C8H16O4. The summed E-state index contributed by atoms with van der Waals surface area (Å²) < 4.78 is 14.7. The van der Waals surface area contributed by atoms with E-state index in [-0.39, 0.29) is 12.1 Å². The van der Waals surface area contributed by atoms with Crippen LogP contribution in [0.25, 0.3) is 0 Å². The second kappa shape index (κ2) is 7.06. The van der Waals surface area contributed by atoms with E-state index in [9.17, 15) is 4.79 Å². The van der Waals surface area contributed by atoms with Gasteiger partial charge in [0.25, 0.3) is 0 Å². The van der Waals surface area contributed by atoms with Gasteiger partial charge >= 0.3 is 5.97 Å². The number of esters is 1. The first-order valence-corrected chi connectivity index (χ1v) is 3.91. The lowest BCUT2D eigenvalue weighted by Gasteiger charge is -2.15. The summed E-state index contributed by atoms with van der Waals surface area (Å²) in [6.07, 6.45) is 0.0941. The van der Waals surface area contributed by atoms with Gasteiger partial charge in [0.1, 0.15) is 6.10 Å². The van der Waals surface area contributed by atoms with E-state index in [1.807, 2.05) is 0 Å². The summed E-state index contributed by atoms with van der Waals surface area (Å²) in [6, 6.07) is 0. The van der Waals surface area contributed by atoms with Crippen LogP contribution >= 0.6 is 0 Å². The number of carbonyl (C=O) groups is 1. The molecule has 0 fully saturated rings. The second-order valence-electron chi connectivity index (χ2n) is 2.38. The van der Waals surface area contributed by atoms with E-state index in [0.717, 1.165) is 0 Å². The van der Waals surface area contributed by atoms with Crippen LogP contribution < -0.4 is 0 Å². The Morgan fingerprint density at radius 1 is 1.25 bits per heavy atom. The fourth-order valence-electron chi connectivity index (χ4n) is 0.757. The maximum Gasteiger partial charge on any atom is 0.305 e. The standard InChI is InChI=1S/C8H16O4/c1-4-8(9)12-7(5-10-2)6-11-3/h7H,4-6H2,1-3H3. The second-order valence-corrected chi connectivity index (χ2v) is 2.38. The average Bonchev–Trinajstić information content (AvgIpc) is 2.05. The van der Waals surface area contributed by atoms with Crippen LogP contribution in [0, 0.1) is 0 Å². The van der Waals surface area contributed by atoms with Gasteiger partial charge in [-0.15, -0.1) is 0 Å². The van der Waals surface area contributed by atoms with Crippen LogP contribution in [0.5, 0.6) is 0 Å². The van der Waals surface area contributed by atoms with Crippen molar-refractivity contribution >= 4 is 5.97 Å².